The van der Waals surface area contributed by atoms with Crippen molar-refractivity contribution in [1.82, 2.24) is 5.32 Å². The van der Waals surface area contributed by atoms with Crippen molar-refractivity contribution < 1.29 is 0 Å². The Morgan fingerprint density at radius 1 is 1.40 bits per heavy atom. The van der Waals surface area contributed by atoms with Crippen LogP contribution in [0.4, 0.5) is 0 Å². The van der Waals surface area contributed by atoms with Crippen LogP contribution in [0.3, 0.4) is 0 Å². The van der Waals surface area contributed by atoms with Crippen molar-refractivity contribution in [3.8, 4) is 0 Å². The first-order valence-electron chi connectivity index (χ1n) is 5.61. The largest absolute Gasteiger partial charge is 0.310 e. The molecule has 3 heteroatoms. The number of thiophene rings is 1. The molecular weight excluding hydrogens is 222 g/mol. The zero-order valence-electron chi connectivity index (χ0n) is 9.51. The first kappa shape index (κ1) is 11.5. The van der Waals surface area contributed by atoms with Crippen LogP contribution in [0, 0.1) is 0 Å². The van der Waals surface area contributed by atoms with Crippen LogP contribution >= 0.6 is 23.1 Å². The zero-order chi connectivity index (χ0) is 10.7. The second kappa shape index (κ2) is 4.89. The van der Waals surface area contributed by atoms with E-state index in [2.05, 4.69) is 30.6 Å². The topological polar surface area (TPSA) is 12.0 Å². The molecule has 1 aliphatic carbocycles. The summed E-state index contributed by atoms with van der Waals surface area (Å²) in [6, 6.07) is 4.51. The van der Waals surface area contributed by atoms with Crippen molar-refractivity contribution in [1.29, 1.82) is 0 Å². The first-order chi connectivity index (χ1) is 7.28. The van der Waals surface area contributed by atoms with Gasteiger partial charge in [-0.25, -0.2) is 0 Å². The van der Waals surface area contributed by atoms with Gasteiger partial charge in [-0.3, -0.25) is 0 Å². The molecule has 1 nitrogen and oxygen atoms in total. The van der Waals surface area contributed by atoms with Gasteiger partial charge in [0.1, 0.15) is 0 Å². The second-order valence-electron chi connectivity index (χ2n) is 4.21. The van der Waals surface area contributed by atoms with E-state index in [9.17, 15) is 0 Å². The van der Waals surface area contributed by atoms with E-state index in [-0.39, 0.29) is 0 Å². The minimum absolute atomic E-state index is 0.588. The SMILES string of the molecule is CCc1ccc(CNCC2(SC)CC2)s1. The van der Waals surface area contributed by atoms with E-state index in [1.54, 1.807) is 0 Å². The lowest BCUT2D eigenvalue weighted by Crippen LogP contribution is -2.25. The van der Waals surface area contributed by atoms with Gasteiger partial charge < -0.3 is 5.32 Å². The fourth-order valence-electron chi connectivity index (χ4n) is 1.71. The number of nitrogens with one attached hydrogen (secondary N) is 1. The minimum atomic E-state index is 0.588. The molecule has 0 amide bonds. The van der Waals surface area contributed by atoms with Gasteiger partial charge in [0.25, 0.3) is 0 Å². The van der Waals surface area contributed by atoms with Gasteiger partial charge in [-0.1, -0.05) is 6.92 Å². The Balaban J connectivity index is 1.73. The molecule has 1 aliphatic rings. The van der Waals surface area contributed by atoms with Crippen LogP contribution in [0.2, 0.25) is 0 Å². The molecule has 1 aromatic heterocycles. The van der Waals surface area contributed by atoms with Crippen LogP contribution in [0.15, 0.2) is 12.1 Å². The summed E-state index contributed by atoms with van der Waals surface area (Å²) in [6.07, 6.45) is 6.19. The highest BCUT2D eigenvalue weighted by Gasteiger charge is 2.41. The van der Waals surface area contributed by atoms with E-state index in [4.69, 9.17) is 0 Å². The Bertz CT molecular complexity index is 315. The summed E-state index contributed by atoms with van der Waals surface area (Å²) in [4.78, 5) is 2.97. The molecule has 1 aromatic rings. The maximum atomic E-state index is 3.58. The summed E-state index contributed by atoms with van der Waals surface area (Å²) in [7, 11) is 0. The van der Waals surface area contributed by atoms with Gasteiger partial charge in [-0.15, -0.1) is 11.3 Å². The summed E-state index contributed by atoms with van der Waals surface area (Å²) in [5, 5.41) is 3.58. The van der Waals surface area contributed by atoms with Crippen LogP contribution in [0.25, 0.3) is 0 Å². The van der Waals surface area contributed by atoms with Gasteiger partial charge in [-0.05, 0) is 37.7 Å². The van der Waals surface area contributed by atoms with Gasteiger partial charge >= 0.3 is 0 Å². The van der Waals surface area contributed by atoms with Crippen LogP contribution in [-0.2, 0) is 13.0 Å². The standard InChI is InChI=1S/C12H19NS2/c1-3-10-4-5-11(15-10)8-13-9-12(14-2)6-7-12/h4-5,13H,3,6-9H2,1-2H3. The Morgan fingerprint density at radius 2 is 2.13 bits per heavy atom. The lowest BCUT2D eigenvalue weighted by atomic mass is 10.3. The molecule has 0 atom stereocenters. The molecule has 84 valence electrons. The number of thioether (sulfide) groups is 1. The summed E-state index contributed by atoms with van der Waals surface area (Å²) in [6.45, 7) is 4.44. The summed E-state index contributed by atoms with van der Waals surface area (Å²) in [5.41, 5.74) is 0. The predicted octanol–water partition coefficient (Wildman–Crippen LogP) is 3.30. The normalized spacial score (nSPS) is 18.0. The molecular formula is C12H19NS2. The average Bonchev–Trinajstić information content (AvgIpc) is 2.89. The van der Waals surface area contributed by atoms with Crippen molar-refractivity contribution >= 4 is 23.1 Å². The third-order valence-corrected chi connectivity index (χ3v) is 5.70. The first-order valence-corrected chi connectivity index (χ1v) is 7.65. The van der Waals surface area contributed by atoms with Crippen molar-refractivity contribution in [2.75, 3.05) is 12.8 Å². The van der Waals surface area contributed by atoms with Crippen LogP contribution < -0.4 is 5.32 Å². The van der Waals surface area contributed by atoms with E-state index in [1.165, 1.54) is 35.6 Å². The van der Waals surface area contributed by atoms with Crippen molar-refractivity contribution in [3.05, 3.63) is 21.9 Å². The average molecular weight is 241 g/mol. The highest BCUT2D eigenvalue weighted by atomic mass is 32.2. The minimum Gasteiger partial charge on any atom is -0.310 e. The van der Waals surface area contributed by atoms with Crippen molar-refractivity contribution in [2.24, 2.45) is 0 Å². The van der Waals surface area contributed by atoms with E-state index < -0.39 is 0 Å². The van der Waals surface area contributed by atoms with Gasteiger partial charge in [0.05, 0.1) is 0 Å². The van der Waals surface area contributed by atoms with Crippen LogP contribution in [-0.4, -0.2) is 17.5 Å². The molecule has 0 radical (unpaired) electrons. The van der Waals surface area contributed by atoms with Gasteiger partial charge in [-0.2, -0.15) is 11.8 Å². The third-order valence-electron chi connectivity index (χ3n) is 3.05. The van der Waals surface area contributed by atoms with Crippen LogP contribution in [0.5, 0.6) is 0 Å². The van der Waals surface area contributed by atoms with E-state index in [0.29, 0.717) is 4.75 Å². The summed E-state index contributed by atoms with van der Waals surface area (Å²) < 4.78 is 0.588. The molecule has 0 aliphatic heterocycles. The van der Waals surface area contributed by atoms with Gasteiger partial charge in [0.15, 0.2) is 0 Å². The molecule has 1 fully saturated rings. The molecule has 1 heterocycles. The molecule has 2 rings (SSSR count). The highest BCUT2D eigenvalue weighted by Crippen LogP contribution is 2.46. The fraction of sp³-hybridized carbons (Fsp3) is 0.667. The van der Waals surface area contributed by atoms with Gasteiger partial charge in [0, 0.05) is 27.6 Å². The molecule has 1 N–H and O–H groups in total. The number of aryl methyl sites for hydroxylation is 1. The maximum Gasteiger partial charge on any atom is 0.0300 e. The lowest BCUT2D eigenvalue weighted by Gasteiger charge is -2.12. The predicted molar refractivity (Wildman–Crippen MR) is 70.9 cm³/mol. The van der Waals surface area contributed by atoms with Gasteiger partial charge in [0.2, 0.25) is 0 Å². The molecule has 1 saturated carbocycles. The Morgan fingerprint density at radius 3 is 2.67 bits per heavy atom. The quantitative estimate of drug-likeness (QED) is 0.820. The van der Waals surface area contributed by atoms with E-state index in [1.807, 2.05) is 23.1 Å². The molecule has 0 saturated heterocycles. The summed E-state index contributed by atoms with van der Waals surface area (Å²) >= 11 is 3.97. The Hall–Kier alpha value is 0.01000. The number of hydrogen-bond acceptors (Lipinski definition) is 3. The van der Waals surface area contributed by atoms with E-state index >= 15 is 0 Å². The fourth-order valence-corrected chi connectivity index (χ4v) is 3.40. The molecule has 0 aromatic carbocycles. The smallest absolute Gasteiger partial charge is 0.0300 e. The molecule has 0 bridgehead atoms. The Labute approximate surface area is 101 Å². The molecule has 0 unspecified atom stereocenters. The number of hydrogen-bond donors (Lipinski definition) is 1. The molecule has 0 spiro atoms. The third kappa shape index (κ3) is 2.99. The second-order valence-corrected chi connectivity index (χ2v) is 6.74. The zero-order valence-corrected chi connectivity index (χ0v) is 11.1. The summed E-state index contributed by atoms with van der Waals surface area (Å²) in [5.74, 6) is 0. The van der Waals surface area contributed by atoms with Crippen molar-refractivity contribution in [2.45, 2.75) is 37.5 Å². The monoisotopic (exact) mass is 241 g/mol. The van der Waals surface area contributed by atoms with Crippen LogP contribution in [0.1, 0.15) is 29.5 Å². The highest BCUT2D eigenvalue weighted by molar-refractivity contribution is 8.00. The van der Waals surface area contributed by atoms with Crippen molar-refractivity contribution in [3.63, 3.8) is 0 Å². The molecule has 15 heavy (non-hydrogen) atoms. The maximum absolute atomic E-state index is 3.58. The Kier molecular flexibility index (Phi) is 3.75. The number of rotatable bonds is 6. The lowest BCUT2D eigenvalue weighted by molar-refractivity contribution is 0.669. The van der Waals surface area contributed by atoms with E-state index in [0.717, 1.165) is 6.54 Å².